The van der Waals surface area contributed by atoms with Crippen molar-refractivity contribution in [3.8, 4) is 5.88 Å². The third-order valence-electron chi connectivity index (χ3n) is 3.12. The van der Waals surface area contributed by atoms with Crippen molar-refractivity contribution in [3.63, 3.8) is 0 Å². The van der Waals surface area contributed by atoms with Crippen LogP contribution in [-0.4, -0.2) is 30.2 Å². The Morgan fingerprint density at radius 2 is 2.29 bits per heavy atom. The number of rotatable bonds is 2. The number of H-pyrrole nitrogens is 1. The van der Waals surface area contributed by atoms with E-state index in [2.05, 4.69) is 21.4 Å². The van der Waals surface area contributed by atoms with Gasteiger partial charge >= 0.3 is 0 Å². The summed E-state index contributed by atoms with van der Waals surface area (Å²) in [7, 11) is 1.64. The fourth-order valence-electron chi connectivity index (χ4n) is 2.21. The van der Waals surface area contributed by atoms with Gasteiger partial charge in [0.1, 0.15) is 0 Å². The Morgan fingerprint density at radius 3 is 3.06 bits per heavy atom. The van der Waals surface area contributed by atoms with Crippen LogP contribution < -0.4 is 10.1 Å². The van der Waals surface area contributed by atoms with Crippen molar-refractivity contribution >= 4 is 16.6 Å². The van der Waals surface area contributed by atoms with Crippen LogP contribution in [0.4, 0.5) is 0 Å². The molecular weight excluding hydrogens is 214 g/mol. The molecule has 3 heterocycles. The van der Waals surface area contributed by atoms with Gasteiger partial charge in [-0.15, -0.1) is 0 Å². The molecule has 2 aromatic rings. The highest BCUT2D eigenvalue weighted by Crippen LogP contribution is 2.27. The third-order valence-corrected chi connectivity index (χ3v) is 3.12. The summed E-state index contributed by atoms with van der Waals surface area (Å²) in [5.41, 5.74) is 4.61. The summed E-state index contributed by atoms with van der Waals surface area (Å²) in [6.07, 6.45) is 5.31. The van der Waals surface area contributed by atoms with E-state index in [-0.39, 0.29) is 0 Å². The van der Waals surface area contributed by atoms with E-state index in [4.69, 9.17) is 4.74 Å². The molecule has 0 radical (unpaired) electrons. The minimum absolute atomic E-state index is 0.660. The van der Waals surface area contributed by atoms with Crippen molar-refractivity contribution in [1.29, 1.82) is 0 Å². The van der Waals surface area contributed by atoms with E-state index >= 15 is 0 Å². The molecule has 0 amide bonds. The Bertz CT molecular complexity index is 571. The second kappa shape index (κ2) is 4.22. The Balaban J connectivity index is 2.12. The van der Waals surface area contributed by atoms with Crippen molar-refractivity contribution in [2.24, 2.45) is 0 Å². The van der Waals surface area contributed by atoms with Crippen LogP contribution in [0.3, 0.4) is 0 Å². The number of aromatic nitrogens is 2. The molecule has 1 aliphatic heterocycles. The first kappa shape index (κ1) is 10.4. The van der Waals surface area contributed by atoms with Crippen LogP contribution in [0, 0.1) is 0 Å². The Labute approximate surface area is 99.7 Å². The zero-order chi connectivity index (χ0) is 11.7. The van der Waals surface area contributed by atoms with Gasteiger partial charge in [-0.1, -0.05) is 6.08 Å². The summed E-state index contributed by atoms with van der Waals surface area (Å²) in [5.74, 6) is 0.660. The second-order valence-corrected chi connectivity index (χ2v) is 4.14. The third kappa shape index (κ3) is 1.80. The molecule has 17 heavy (non-hydrogen) atoms. The molecule has 0 fully saturated rings. The van der Waals surface area contributed by atoms with E-state index < -0.39 is 0 Å². The molecule has 3 rings (SSSR count). The summed E-state index contributed by atoms with van der Waals surface area (Å²) >= 11 is 0. The van der Waals surface area contributed by atoms with E-state index in [1.807, 2.05) is 18.3 Å². The standard InChI is InChI=1S/C13H15N3O/c1-17-12-3-2-11-13(16-12)10(8-15-11)9-4-6-14-7-5-9/h2-4,8,14-15H,5-7H2,1H3. The van der Waals surface area contributed by atoms with E-state index in [0.717, 1.165) is 30.5 Å². The summed E-state index contributed by atoms with van der Waals surface area (Å²) in [4.78, 5) is 7.77. The monoisotopic (exact) mass is 229 g/mol. The lowest BCUT2D eigenvalue weighted by Gasteiger charge is -2.13. The first-order valence-electron chi connectivity index (χ1n) is 5.81. The van der Waals surface area contributed by atoms with Crippen LogP contribution >= 0.6 is 0 Å². The van der Waals surface area contributed by atoms with E-state index in [1.54, 1.807) is 7.11 Å². The number of hydrogen-bond acceptors (Lipinski definition) is 3. The number of methoxy groups -OCH3 is 1. The number of pyridine rings is 1. The van der Waals surface area contributed by atoms with Crippen LogP contribution in [0.15, 0.2) is 24.4 Å². The van der Waals surface area contributed by atoms with Gasteiger partial charge in [-0.2, -0.15) is 0 Å². The quantitative estimate of drug-likeness (QED) is 0.827. The zero-order valence-corrected chi connectivity index (χ0v) is 9.79. The molecule has 0 saturated carbocycles. The number of aromatic amines is 1. The minimum Gasteiger partial charge on any atom is -0.481 e. The van der Waals surface area contributed by atoms with Crippen molar-refractivity contribution < 1.29 is 4.74 Å². The van der Waals surface area contributed by atoms with Crippen molar-refractivity contribution in [1.82, 2.24) is 15.3 Å². The van der Waals surface area contributed by atoms with Gasteiger partial charge in [0.25, 0.3) is 0 Å². The smallest absolute Gasteiger partial charge is 0.213 e. The molecule has 0 saturated heterocycles. The fraction of sp³-hybridized carbons (Fsp3) is 0.308. The molecular formula is C13H15N3O. The highest BCUT2D eigenvalue weighted by atomic mass is 16.5. The average Bonchev–Trinajstić information content (AvgIpc) is 2.82. The molecule has 0 aliphatic carbocycles. The summed E-state index contributed by atoms with van der Waals surface area (Å²) in [6, 6.07) is 3.88. The van der Waals surface area contributed by atoms with Gasteiger partial charge in [-0.05, 0) is 24.6 Å². The molecule has 0 bridgehead atoms. The Morgan fingerprint density at radius 1 is 1.35 bits per heavy atom. The Kier molecular flexibility index (Phi) is 2.57. The number of nitrogens with one attached hydrogen (secondary N) is 2. The Hall–Kier alpha value is -1.81. The van der Waals surface area contributed by atoms with Gasteiger partial charge in [-0.25, -0.2) is 4.98 Å². The van der Waals surface area contributed by atoms with Crippen LogP contribution in [-0.2, 0) is 0 Å². The molecule has 0 atom stereocenters. The van der Waals surface area contributed by atoms with Gasteiger partial charge < -0.3 is 15.0 Å². The molecule has 1 aliphatic rings. The fourth-order valence-corrected chi connectivity index (χ4v) is 2.21. The topological polar surface area (TPSA) is 49.9 Å². The molecule has 2 N–H and O–H groups in total. The highest BCUT2D eigenvalue weighted by molar-refractivity contribution is 5.90. The number of hydrogen-bond donors (Lipinski definition) is 2. The van der Waals surface area contributed by atoms with Crippen LogP contribution in [0.5, 0.6) is 5.88 Å². The van der Waals surface area contributed by atoms with Gasteiger partial charge in [0.15, 0.2) is 0 Å². The molecule has 4 heteroatoms. The maximum Gasteiger partial charge on any atom is 0.213 e. The zero-order valence-electron chi connectivity index (χ0n) is 9.79. The van der Waals surface area contributed by atoms with Crippen molar-refractivity contribution in [2.75, 3.05) is 20.2 Å². The summed E-state index contributed by atoms with van der Waals surface area (Å²) in [6.45, 7) is 1.97. The van der Waals surface area contributed by atoms with Crippen LogP contribution in [0.1, 0.15) is 12.0 Å². The molecule has 2 aromatic heterocycles. The van der Waals surface area contributed by atoms with Crippen LogP contribution in [0.2, 0.25) is 0 Å². The maximum atomic E-state index is 5.18. The van der Waals surface area contributed by atoms with Crippen molar-refractivity contribution in [3.05, 3.63) is 30.0 Å². The maximum absolute atomic E-state index is 5.18. The van der Waals surface area contributed by atoms with Gasteiger partial charge in [0, 0.05) is 24.4 Å². The molecule has 0 spiro atoms. The van der Waals surface area contributed by atoms with Gasteiger partial charge in [0.2, 0.25) is 5.88 Å². The lowest BCUT2D eigenvalue weighted by atomic mass is 10.0. The number of ether oxygens (including phenoxy) is 1. The SMILES string of the molecule is COc1ccc2[nH]cc(C3=CCNCC3)c2n1. The second-order valence-electron chi connectivity index (χ2n) is 4.14. The van der Waals surface area contributed by atoms with Crippen LogP contribution in [0.25, 0.3) is 16.6 Å². The normalized spacial score (nSPS) is 15.9. The highest BCUT2D eigenvalue weighted by Gasteiger charge is 2.12. The first-order chi connectivity index (χ1) is 8.38. The molecule has 0 unspecified atom stereocenters. The lowest BCUT2D eigenvalue weighted by molar-refractivity contribution is 0.399. The summed E-state index contributed by atoms with van der Waals surface area (Å²) in [5, 5.41) is 3.32. The van der Waals surface area contributed by atoms with E-state index in [0.29, 0.717) is 5.88 Å². The number of nitrogens with zero attached hydrogens (tertiary/aromatic N) is 1. The van der Waals surface area contributed by atoms with E-state index in [1.165, 1.54) is 11.1 Å². The van der Waals surface area contributed by atoms with Gasteiger partial charge in [0.05, 0.1) is 18.1 Å². The molecule has 0 aromatic carbocycles. The molecule has 88 valence electrons. The van der Waals surface area contributed by atoms with Gasteiger partial charge in [-0.3, -0.25) is 0 Å². The van der Waals surface area contributed by atoms with Crippen molar-refractivity contribution in [2.45, 2.75) is 6.42 Å². The predicted molar refractivity (Wildman–Crippen MR) is 68.1 cm³/mol. The lowest BCUT2D eigenvalue weighted by Crippen LogP contribution is -2.19. The first-order valence-corrected chi connectivity index (χ1v) is 5.81. The average molecular weight is 229 g/mol. The summed E-state index contributed by atoms with van der Waals surface area (Å²) < 4.78 is 5.18. The predicted octanol–water partition coefficient (Wildman–Crippen LogP) is 1.95. The largest absolute Gasteiger partial charge is 0.481 e. The van der Waals surface area contributed by atoms with E-state index in [9.17, 15) is 0 Å². The molecule has 4 nitrogen and oxygen atoms in total. The number of fused-ring (bicyclic) bond motifs is 1. The minimum atomic E-state index is 0.660.